The molecule has 1 aliphatic heterocycles. The lowest BCUT2D eigenvalue weighted by molar-refractivity contribution is 0.0807. The van der Waals surface area contributed by atoms with Crippen molar-refractivity contribution in [2.24, 2.45) is 0 Å². The zero-order chi connectivity index (χ0) is 7.56. The third kappa shape index (κ3) is 1.70. The van der Waals surface area contributed by atoms with Crippen molar-refractivity contribution in [1.29, 1.82) is 0 Å². The van der Waals surface area contributed by atoms with E-state index in [1.54, 1.807) is 0 Å². The van der Waals surface area contributed by atoms with Crippen LogP contribution in [0.15, 0.2) is 0 Å². The van der Waals surface area contributed by atoms with E-state index in [-0.39, 0.29) is 6.10 Å². The van der Waals surface area contributed by atoms with Crippen LogP contribution >= 0.6 is 0 Å². The summed E-state index contributed by atoms with van der Waals surface area (Å²) in [6, 6.07) is 0.928. The molecule has 1 saturated heterocycles. The fourth-order valence-electron chi connectivity index (χ4n) is 1.57. The minimum absolute atomic E-state index is 0.110. The zero-order valence-electron chi connectivity index (χ0n) is 6.80. The van der Waals surface area contributed by atoms with E-state index in [2.05, 4.69) is 19.2 Å². The van der Waals surface area contributed by atoms with Gasteiger partial charge in [-0.05, 0) is 26.2 Å². The summed E-state index contributed by atoms with van der Waals surface area (Å²) in [5.74, 6) is 0. The van der Waals surface area contributed by atoms with Crippen LogP contribution in [0.4, 0.5) is 0 Å². The Morgan fingerprint density at radius 2 is 2.20 bits per heavy atom. The Labute approximate surface area is 62.6 Å². The van der Waals surface area contributed by atoms with Crippen molar-refractivity contribution in [1.82, 2.24) is 5.32 Å². The van der Waals surface area contributed by atoms with E-state index in [1.165, 1.54) is 0 Å². The molecule has 0 aromatic carbocycles. The number of nitrogens with one attached hydrogen (secondary N) is 1. The molecule has 0 bridgehead atoms. The monoisotopic (exact) mass is 143 g/mol. The second-order valence-electron chi connectivity index (χ2n) is 3.23. The standard InChI is InChI=1S/C8H17NO/c1-3-7-8(10)5-4-6(2)9-7/h6-10H,3-5H2,1-2H3/t6-,7+,8+/m1/s1. The highest BCUT2D eigenvalue weighted by atomic mass is 16.3. The number of hydrogen-bond donors (Lipinski definition) is 2. The summed E-state index contributed by atoms with van der Waals surface area (Å²) in [5.41, 5.74) is 0. The topological polar surface area (TPSA) is 32.3 Å². The summed E-state index contributed by atoms with van der Waals surface area (Å²) in [4.78, 5) is 0. The van der Waals surface area contributed by atoms with Gasteiger partial charge >= 0.3 is 0 Å². The highest BCUT2D eigenvalue weighted by molar-refractivity contribution is 4.83. The third-order valence-electron chi connectivity index (χ3n) is 2.30. The molecular weight excluding hydrogens is 126 g/mol. The zero-order valence-corrected chi connectivity index (χ0v) is 6.80. The molecule has 0 radical (unpaired) electrons. The van der Waals surface area contributed by atoms with Crippen LogP contribution in [0.1, 0.15) is 33.1 Å². The van der Waals surface area contributed by atoms with Crippen molar-refractivity contribution in [3.8, 4) is 0 Å². The van der Waals surface area contributed by atoms with Crippen LogP contribution in [0.5, 0.6) is 0 Å². The highest BCUT2D eigenvalue weighted by Crippen LogP contribution is 2.14. The van der Waals surface area contributed by atoms with Gasteiger partial charge in [0.2, 0.25) is 0 Å². The van der Waals surface area contributed by atoms with Gasteiger partial charge in [-0.25, -0.2) is 0 Å². The predicted molar refractivity (Wildman–Crippen MR) is 41.9 cm³/mol. The van der Waals surface area contributed by atoms with Crippen molar-refractivity contribution in [3.05, 3.63) is 0 Å². The largest absolute Gasteiger partial charge is 0.392 e. The van der Waals surface area contributed by atoms with Crippen molar-refractivity contribution in [2.75, 3.05) is 0 Å². The molecule has 0 spiro atoms. The van der Waals surface area contributed by atoms with Gasteiger partial charge < -0.3 is 10.4 Å². The Morgan fingerprint density at radius 3 is 2.70 bits per heavy atom. The average molecular weight is 143 g/mol. The van der Waals surface area contributed by atoms with Crippen molar-refractivity contribution in [3.63, 3.8) is 0 Å². The van der Waals surface area contributed by atoms with Gasteiger partial charge in [-0.2, -0.15) is 0 Å². The summed E-state index contributed by atoms with van der Waals surface area (Å²) < 4.78 is 0. The number of rotatable bonds is 1. The summed E-state index contributed by atoms with van der Waals surface area (Å²) in [7, 11) is 0. The normalized spacial score (nSPS) is 41.7. The molecule has 10 heavy (non-hydrogen) atoms. The third-order valence-corrected chi connectivity index (χ3v) is 2.30. The first kappa shape index (κ1) is 8.02. The molecule has 2 N–H and O–H groups in total. The molecule has 1 heterocycles. The highest BCUT2D eigenvalue weighted by Gasteiger charge is 2.23. The molecule has 2 nitrogen and oxygen atoms in total. The maximum absolute atomic E-state index is 9.42. The molecule has 1 aliphatic rings. The van der Waals surface area contributed by atoms with Gasteiger partial charge in [-0.3, -0.25) is 0 Å². The van der Waals surface area contributed by atoms with E-state index < -0.39 is 0 Å². The summed E-state index contributed by atoms with van der Waals surface area (Å²) >= 11 is 0. The Hall–Kier alpha value is -0.0800. The van der Waals surface area contributed by atoms with Gasteiger partial charge in [-0.1, -0.05) is 6.92 Å². The molecule has 1 fully saturated rings. The first-order valence-electron chi connectivity index (χ1n) is 4.18. The van der Waals surface area contributed by atoms with Gasteiger partial charge in [0.15, 0.2) is 0 Å². The molecular formula is C8H17NO. The van der Waals surface area contributed by atoms with Gasteiger partial charge in [0.05, 0.1) is 6.10 Å². The maximum atomic E-state index is 9.42. The van der Waals surface area contributed by atoms with Crippen LogP contribution in [0, 0.1) is 0 Å². The van der Waals surface area contributed by atoms with Crippen LogP contribution in [0.3, 0.4) is 0 Å². The second kappa shape index (κ2) is 3.35. The Morgan fingerprint density at radius 1 is 1.50 bits per heavy atom. The van der Waals surface area contributed by atoms with Crippen LogP contribution in [0.2, 0.25) is 0 Å². The lowest BCUT2D eigenvalue weighted by Gasteiger charge is -2.32. The van der Waals surface area contributed by atoms with E-state index in [0.717, 1.165) is 19.3 Å². The van der Waals surface area contributed by atoms with E-state index in [0.29, 0.717) is 12.1 Å². The smallest absolute Gasteiger partial charge is 0.0693 e. The molecule has 0 unspecified atom stereocenters. The minimum Gasteiger partial charge on any atom is -0.392 e. The number of aliphatic hydroxyl groups is 1. The second-order valence-corrected chi connectivity index (χ2v) is 3.23. The van der Waals surface area contributed by atoms with Gasteiger partial charge in [0, 0.05) is 12.1 Å². The van der Waals surface area contributed by atoms with Crippen LogP contribution in [-0.2, 0) is 0 Å². The van der Waals surface area contributed by atoms with Crippen LogP contribution < -0.4 is 5.32 Å². The molecule has 60 valence electrons. The Balaban J connectivity index is 2.38. The predicted octanol–water partition coefficient (Wildman–Crippen LogP) is 0.898. The first-order chi connectivity index (χ1) is 4.74. The van der Waals surface area contributed by atoms with Crippen molar-refractivity contribution in [2.45, 2.75) is 51.3 Å². The number of hydrogen-bond acceptors (Lipinski definition) is 2. The fraction of sp³-hybridized carbons (Fsp3) is 1.00. The molecule has 3 atom stereocenters. The van der Waals surface area contributed by atoms with Gasteiger partial charge in [0.25, 0.3) is 0 Å². The average Bonchev–Trinajstić information content (AvgIpc) is 1.94. The number of aliphatic hydroxyl groups excluding tert-OH is 1. The van der Waals surface area contributed by atoms with Crippen molar-refractivity contribution >= 4 is 0 Å². The summed E-state index contributed by atoms with van der Waals surface area (Å²) in [5, 5.41) is 12.8. The molecule has 1 rings (SSSR count). The van der Waals surface area contributed by atoms with E-state index in [1.807, 2.05) is 0 Å². The molecule has 0 aromatic rings. The van der Waals surface area contributed by atoms with E-state index in [4.69, 9.17) is 0 Å². The SMILES string of the molecule is CC[C@@H]1N[C@H](C)CC[C@@H]1O. The van der Waals surface area contributed by atoms with E-state index >= 15 is 0 Å². The summed E-state index contributed by atoms with van der Waals surface area (Å²) in [6.07, 6.45) is 3.00. The molecule has 2 heteroatoms. The van der Waals surface area contributed by atoms with Crippen molar-refractivity contribution < 1.29 is 5.11 Å². The van der Waals surface area contributed by atoms with Crippen LogP contribution in [0.25, 0.3) is 0 Å². The van der Waals surface area contributed by atoms with Crippen LogP contribution in [-0.4, -0.2) is 23.3 Å². The molecule has 0 aromatic heterocycles. The van der Waals surface area contributed by atoms with Gasteiger partial charge in [0.1, 0.15) is 0 Å². The Kier molecular flexibility index (Phi) is 2.69. The summed E-state index contributed by atoms with van der Waals surface area (Å²) in [6.45, 7) is 4.29. The lowest BCUT2D eigenvalue weighted by atomic mass is 9.95. The quantitative estimate of drug-likeness (QED) is 0.571. The molecule has 0 saturated carbocycles. The van der Waals surface area contributed by atoms with Gasteiger partial charge in [-0.15, -0.1) is 0 Å². The Bertz CT molecular complexity index is 105. The fourth-order valence-corrected chi connectivity index (χ4v) is 1.57. The maximum Gasteiger partial charge on any atom is 0.0693 e. The molecule has 0 amide bonds. The lowest BCUT2D eigenvalue weighted by Crippen LogP contribution is -2.48. The minimum atomic E-state index is -0.110. The van der Waals surface area contributed by atoms with E-state index in [9.17, 15) is 5.11 Å². The number of piperidine rings is 1. The first-order valence-corrected chi connectivity index (χ1v) is 4.18. The molecule has 0 aliphatic carbocycles.